The zero-order valence-electron chi connectivity index (χ0n) is 15.0. The maximum absolute atomic E-state index is 13.5. The average molecular weight is 385 g/mol. The van der Waals surface area contributed by atoms with Gasteiger partial charge in [0.05, 0.1) is 23.0 Å². The van der Waals surface area contributed by atoms with Crippen LogP contribution in [0.1, 0.15) is 29.7 Å². The molecule has 0 aliphatic heterocycles. The van der Waals surface area contributed by atoms with Crippen molar-refractivity contribution in [1.82, 2.24) is 19.7 Å². The van der Waals surface area contributed by atoms with Gasteiger partial charge in [-0.3, -0.25) is 0 Å². The summed E-state index contributed by atoms with van der Waals surface area (Å²) in [5.74, 6) is 0.245. The van der Waals surface area contributed by atoms with Crippen LogP contribution in [-0.2, 0) is 19.4 Å². The number of rotatable bonds is 4. The number of nitrogen functional groups attached to an aromatic ring is 1. The van der Waals surface area contributed by atoms with Gasteiger partial charge in [0, 0.05) is 6.42 Å². The van der Waals surface area contributed by atoms with E-state index in [9.17, 15) is 13.2 Å². The Morgan fingerprint density at radius 1 is 1.14 bits per heavy atom. The number of hydrogen-bond acceptors (Lipinski definition) is 4. The molecule has 0 radical (unpaired) electrons. The van der Waals surface area contributed by atoms with Crippen LogP contribution in [0, 0.1) is 5.41 Å². The molecule has 0 unspecified atom stereocenters. The predicted molar refractivity (Wildman–Crippen MR) is 99.3 cm³/mol. The van der Waals surface area contributed by atoms with E-state index in [4.69, 9.17) is 5.73 Å². The van der Waals surface area contributed by atoms with Gasteiger partial charge >= 0.3 is 6.18 Å². The van der Waals surface area contributed by atoms with Crippen LogP contribution >= 0.6 is 0 Å². The highest BCUT2D eigenvalue weighted by molar-refractivity contribution is 5.90. The van der Waals surface area contributed by atoms with Crippen molar-refractivity contribution in [3.63, 3.8) is 0 Å². The smallest absolute Gasteiger partial charge is 0.383 e. The van der Waals surface area contributed by atoms with Crippen molar-refractivity contribution in [1.29, 1.82) is 0 Å². The van der Waals surface area contributed by atoms with Gasteiger partial charge in [0.2, 0.25) is 0 Å². The van der Waals surface area contributed by atoms with Crippen molar-refractivity contribution >= 4 is 22.4 Å². The van der Waals surface area contributed by atoms with Gasteiger partial charge in [-0.05, 0) is 36.0 Å². The summed E-state index contributed by atoms with van der Waals surface area (Å²) in [5.41, 5.74) is 8.82. The minimum atomic E-state index is -4.25. The molecule has 0 amide bonds. The molecule has 1 fully saturated rings. The van der Waals surface area contributed by atoms with Crippen molar-refractivity contribution in [3.8, 4) is 0 Å². The van der Waals surface area contributed by atoms with Crippen LogP contribution in [0.15, 0.2) is 36.7 Å². The summed E-state index contributed by atoms with van der Waals surface area (Å²) in [7, 11) is 0. The van der Waals surface area contributed by atoms with Gasteiger partial charge in [-0.25, -0.2) is 14.6 Å². The van der Waals surface area contributed by atoms with E-state index >= 15 is 0 Å². The van der Waals surface area contributed by atoms with Crippen molar-refractivity contribution < 1.29 is 13.2 Å². The Morgan fingerprint density at radius 3 is 2.68 bits per heavy atom. The standard InChI is InChI=1S/C20H18F3N5/c21-20(22,23)19(7-8-19)10-28-18-16(17(24)25-11-26-18)15(27-28)9-13-6-5-12-3-1-2-4-14(12)13/h1-4,6,11H,5,7-10H2,(H2,24,25,26). The van der Waals surface area contributed by atoms with Crippen LogP contribution in [0.2, 0.25) is 0 Å². The molecule has 5 rings (SSSR count). The van der Waals surface area contributed by atoms with Gasteiger partial charge in [-0.15, -0.1) is 0 Å². The summed E-state index contributed by atoms with van der Waals surface area (Å²) >= 11 is 0. The van der Waals surface area contributed by atoms with E-state index in [-0.39, 0.29) is 25.2 Å². The molecule has 28 heavy (non-hydrogen) atoms. The Bertz CT molecular complexity index is 1110. The SMILES string of the molecule is Nc1ncnc2c1c(CC1=CCc3ccccc31)nn2CC1(C(F)(F)F)CC1. The molecule has 0 spiro atoms. The molecule has 144 valence electrons. The summed E-state index contributed by atoms with van der Waals surface area (Å²) in [4.78, 5) is 8.23. The summed E-state index contributed by atoms with van der Waals surface area (Å²) in [5, 5.41) is 5.07. The van der Waals surface area contributed by atoms with Crippen LogP contribution in [0.3, 0.4) is 0 Å². The lowest BCUT2D eigenvalue weighted by Gasteiger charge is -2.19. The summed E-state index contributed by atoms with van der Waals surface area (Å²) in [6.45, 7) is -0.237. The lowest BCUT2D eigenvalue weighted by atomic mass is 10.0. The van der Waals surface area contributed by atoms with Gasteiger partial charge in [-0.2, -0.15) is 18.3 Å². The number of benzene rings is 1. The van der Waals surface area contributed by atoms with E-state index in [2.05, 4.69) is 33.3 Å². The third-order valence-electron chi connectivity index (χ3n) is 5.83. The fraction of sp³-hybridized carbons (Fsp3) is 0.350. The van der Waals surface area contributed by atoms with Crippen LogP contribution in [0.4, 0.5) is 19.0 Å². The molecule has 0 saturated heterocycles. The molecule has 2 heterocycles. The van der Waals surface area contributed by atoms with Crippen LogP contribution in [0.25, 0.3) is 16.6 Å². The Kier molecular flexibility index (Phi) is 3.56. The van der Waals surface area contributed by atoms with E-state index in [1.165, 1.54) is 16.6 Å². The number of aromatic nitrogens is 4. The molecular weight excluding hydrogens is 367 g/mol. The molecule has 2 aromatic heterocycles. The molecule has 2 aliphatic carbocycles. The summed E-state index contributed by atoms with van der Waals surface area (Å²) in [6, 6.07) is 8.10. The Morgan fingerprint density at radius 2 is 1.93 bits per heavy atom. The summed E-state index contributed by atoms with van der Waals surface area (Å²) < 4.78 is 41.7. The fourth-order valence-corrected chi connectivity index (χ4v) is 4.01. The Balaban J connectivity index is 1.55. The quantitative estimate of drug-likeness (QED) is 0.739. The molecule has 0 bridgehead atoms. The minimum absolute atomic E-state index is 0.117. The topological polar surface area (TPSA) is 69.6 Å². The van der Waals surface area contributed by atoms with E-state index in [0.717, 1.165) is 17.6 Å². The second kappa shape index (κ2) is 5.80. The van der Waals surface area contributed by atoms with Crippen LogP contribution < -0.4 is 5.73 Å². The first-order chi connectivity index (χ1) is 13.4. The average Bonchev–Trinajstić information content (AvgIpc) is 3.23. The minimum Gasteiger partial charge on any atom is -0.383 e. The van der Waals surface area contributed by atoms with Gasteiger partial charge in [-0.1, -0.05) is 30.3 Å². The fourth-order valence-electron chi connectivity index (χ4n) is 4.01. The van der Waals surface area contributed by atoms with E-state index < -0.39 is 11.6 Å². The molecule has 2 aliphatic rings. The second-order valence-electron chi connectivity index (χ2n) is 7.61. The number of hydrogen-bond donors (Lipinski definition) is 1. The zero-order valence-corrected chi connectivity index (χ0v) is 15.0. The number of nitrogens with zero attached hydrogens (tertiary/aromatic N) is 4. The van der Waals surface area contributed by atoms with E-state index in [0.29, 0.717) is 23.1 Å². The van der Waals surface area contributed by atoms with Crippen LogP contribution in [0.5, 0.6) is 0 Å². The first-order valence-corrected chi connectivity index (χ1v) is 9.18. The highest BCUT2D eigenvalue weighted by atomic mass is 19.4. The third-order valence-corrected chi connectivity index (χ3v) is 5.83. The van der Waals surface area contributed by atoms with E-state index in [1.807, 2.05) is 12.1 Å². The first-order valence-electron chi connectivity index (χ1n) is 9.18. The number of halogens is 3. The molecule has 0 atom stereocenters. The normalized spacial score (nSPS) is 17.6. The number of anilines is 1. The number of allylic oxidation sites excluding steroid dienone is 2. The maximum atomic E-state index is 13.5. The van der Waals surface area contributed by atoms with Crippen LogP contribution in [-0.4, -0.2) is 25.9 Å². The van der Waals surface area contributed by atoms with Gasteiger partial charge in [0.1, 0.15) is 12.1 Å². The molecule has 3 aromatic rings. The lowest BCUT2D eigenvalue weighted by molar-refractivity contribution is -0.191. The molecule has 1 saturated carbocycles. The largest absolute Gasteiger partial charge is 0.396 e. The van der Waals surface area contributed by atoms with E-state index in [1.54, 1.807) is 0 Å². The highest BCUT2D eigenvalue weighted by Gasteiger charge is 2.63. The molecular formula is C20H18F3N5. The maximum Gasteiger partial charge on any atom is 0.396 e. The van der Waals surface area contributed by atoms with Crippen molar-refractivity contribution in [2.45, 2.75) is 38.4 Å². The number of fused-ring (bicyclic) bond motifs is 2. The third kappa shape index (κ3) is 2.58. The zero-order chi connectivity index (χ0) is 19.5. The lowest BCUT2D eigenvalue weighted by Crippen LogP contribution is -2.29. The second-order valence-corrected chi connectivity index (χ2v) is 7.61. The Labute approximate surface area is 159 Å². The molecule has 8 heteroatoms. The molecule has 2 N–H and O–H groups in total. The summed E-state index contributed by atoms with van der Waals surface area (Å²) in [6.07, 6.45) is 0.713. The van der Waals surface area contributed by atoms with Crippen molar-refractivity contribution in [3.05, 3.63) is 53.5 Å². The van der Waals surface area contributed by atoms with Gasteiger partial charge in [0.25, 0.3) is 0 Å². The molecule has 1 aromatic carbocycles. The number of alkyl halides is 3. The van der Waals surface area contributed by atoms with Gasteiger partial charge in [0.15, 0.2) is 5.65 Å². The predicted octanol–water partition coefficient (Wildman–Crippen LogP) is 3.93. The monoisotopic (exact) mass is 385 g/mol. The van der Waals surface area contributed by atoms with Gasteiger partial charge < -0.3 is 5.73 Å². The van der Waals surface area contributed by atoms with Crippen molar-refractivity contribution in [2.24, 2.45) is 5.41 Å². The highest BCUT2D eigenvalue weighted by Crippen LogP contribution is 2.58. The van der Waals surface area contributed by atoms with Crippen molar-refractivity contribution in [2.75, 3.05) is 5.73 Å². The molecule has 5 nitrogen and oxygen atoms in total. The first kappa shape index (κ1) is 17.2. The Hall–Kier alpha value is -2.90. The number of nitrogens with two attached hydrogens (primary N) is 1.